The van der Waals surface area contributed by atoms with Crippen LogP contribution in [0.1, 0.15) is 31.7 Å². The summed E-state index contributed by atoms with van der Waals surface area (Å²) < 4.78 is 11.7. The molecule has 0 aromatic heterocycles. The van der Waals surface area contributed by atoms with E-state index in [1.807, 2.05) is 25.1 Å². The Hall–Kier alpha value is -0.590. The molecule has 2 nitrogen and oxygen atoms in total. The molecule has 0 spiro atoms. The van der Waals surface area contributed by atoms with Gasteiger partial charge in [0.05, 0.1) is 0 Å². The monoisotopic (exact) mass is 240 g/mol. The van der Waals surface area contributed by atoms with E-state index < -0.39 is 7.37 Å². The van der Waals surface area contributed by atoms with E-state index in [1.54, 1.807) is 0 Å². The fourth-order valence-electron chi connectivity index (χ4n) is 1.69. The highest BCUT2D eigenvalue weighted by atomic mass is 31.2. The highest BCUT2D eigenvalue weighted by molar-refractivity contribution is 7.57. The van der Waals surface area contributed by atoms with E-state index >= 15 is 0 Å². The van der Waals surface area contributed by atoms with Crippen LogP contribution < -0.4 is 0 Å². The van der Waals surface area contributed by atoms with E-state index in [2.05, 4.69) is 12.1 Å². The van der Waals surface area contributed by atoms with Crippen molar-refractivity contribution >= 4 is 7.37 Å². The third-order valence-electron chi connectivity index (χ3n) is 2.68. The van der Waals surface area contributed by atoms with E-state index in [4.69, 9.17) is 0 Å². The van der Waals surface area contributed by atoms with Crippen molar-refractivity contribution in [3.63, 3.8) is 0 Å². The van der Waals surface area contributed by atoms with E-state index in [0.29, 0.717) is 12.3 Å². The SMILES string of the molecule is CCCCP(=O)(O)CCCc1ccccc1. The van der Waals surface area contributed by atoms with Crippen LogP contribution in [0, 0.1) is 0 Å². The van der Waals surface area contributed by atoms with Gasteiger partial charge in [0.25, 0.3) is 0 Å². The van der Waals surface area contributed by atoms with Crippen LogP contribution in [0.2, 0.25) is 0 Å². The van der Waals surface area contributed by atoms with Gasteiger partial charge in [0.1, 0.15) is 0 Å². The molecular formula is C13H21O2P. The van der Waals surface area contributed by atoms with Crippen LogP contribution >= 0.6 is 7.37 Å². The van der Waals surface area contributed by atoms with Crippen molar-refractivity contribution in [3.05, 3.63) is 35.9 Å². The molecule has 1 atom stereocenters. The molecule has 0 saturated heterocycles. The average Bonchev–Trinajstić information content (AvgIpc) is 2.28. The minimum absolute atomic E-state index is 0.460. The molecule has 0 radical (unpaired) electrons. The Morgan fingerprint density at radius 3 is 2.38 bits per heavy atom. The lowest BCUT2D eigenvalue weighted by Gasteiger charge is -2.10. The first kappa shape index (κ1) is 13.5. The Bertz CT molecular complexity index is 335. The maximum atomic E-state index is 11.7. The molecule has 1 unspecified atom stereocenters. The van der Waals surface area contributed by atoms with E-state index in [9.17, 15) is 9.46 Å². The molecule has 1 aromatic rings. The van der Waals surface area contributed by atoms with Crippen molar-refractivity contribution in [3.8, 4) is 0 Å². The van der Waals surface area contributed by atoms with Gasteiger partial charge in [-0.25, -0.2) is 0 Å². The number of rotatable bonds is 7. The van der Waals surface area contributed by atoms with Crippen molar-refractivity contribution in [2.75, 3.05) is 12.3 Å². The van der Waals surface area contributed by atoms with Crippen molar-refractivity contribution in [2.45, 2.75) is 32.6 Å². The number of hydrogen-bond donors (Lipinski definition) is 1. The summed E-state index contributed by atoms with van der Waals surface area (Å²) in [5.41, 5.74) is 1.25. The molecule has 16 heavy (non-hydrogen) atoms. The van der Waals surface area contributed by atoms with Crippen LogP contribution in [-0.2, 0) is 11.0 Å². The Kier molecular flexibility index (Phi) is 5.79. The van der Waals surface area contributed by atoms with Gasteiger partial charge in [-0.05, 0) is 24.8 Å². The zero-order valence-corrected chi connectivity index (χ0v) is 10.8. The lowest BCUT2D eigenvalue weighted by atomic mass is 10.1. The standard InChI is InChI=1S/C13H21O2P/c1-2-3-11-16(14,15)12-7-10-13-8-5-4-6-9-13/h4-6,8-9H,2-3,7,10-12H2,1H3,(H,14,15). The van der Waals surface area contributed by atoms with Crippen LogP contribution in [0.5, 0.6) is 0 Å². The smallest absolute Gasteiger partial charge is 0.200 e. The Balaban J connectivity index is 2.27. The summed E-state index contributed by atoms with van der Waals surface area (Å²) in [5, 5.41) is 0. The van der Waals surface area contributed by atoms with Gasteiger partial charge in [-0.15, -0.1) is 0 Å². The molecule has 0 amide bonds. The molecule has 90 valence electrons. The summed E-state index contributed by atoms with van der Waals surface area (Å²) >= 11 is 0. The highest BCUT2D eigenvalue weighted by Gasteiger charge is 2.16. The molecule has 0 aliphatic carbocycles. The summed E-state index contributed by atoms with van der Waals surface area (Å²) in [4.78, 5) is 9.68. The molecule has 0 aliphatic rings. The Labute approximate surface area is 98.2 Å². The zero-order valence-electron chi connectivity index (χ0n) is 9.93. The summed E-state index contributed by atoms with van der Waals surface area (Å²) in [6.45, 7) is 2.05. The van der Waals surface area contributed by atoms with Crippen LogP contribution in [0.15, 0.2) is 30.3 Å². The number of hydrogen-bond acceptors (Lipinski definition) is 1. The fraction of sp³-hybridized carbons (Fsp3) is 0.538. The summed E-state index contributed by atoms with van der Waals surface area (Å²) in [5.74, 6) is 0. The molecule has 0 heterocycles. The molecular weight excluding hydrogens is 219 g/mol. The van der Waals surface area contributed by atoms with Crippen molar-refractivity contribution in [1.29, 1.82) is 0 Å². The normalized spacial score (nSPS) is 14.6. The maximum Gasteiger partial charge on any atom is 0.200 e. The summed E-state index contributed by atoms with van der Waals surface area (Å²) in [7, 11) is -2.85. The van der Waals surface area contributed by atoms with Gasteiger partial charge in [0.15, 0.2) is 0 Å². The summed E-state index contributed by atoms with van der Waals surface area (Å²) in [6.07, 6.45) is 4.50. The minimum Gasteiger partial charge on any atom is -0.344 e. The van der Waals surface area contributed by atoms with Crippen LogP contribution in [0.3, 0.4) is 0 Å². The highest BCUT2D eigenvalue weighted by Crippen LogP contribution is 2.42. The molecule has 1 N–H and O–H groups in total. The Morgan fingerprint density at radius 2 is 1.75 bits per heavy atom. The number of aryl methyl sites for hydroxylation is 1. The molecule has 0 fully saturated rings. The average molecular weight is 240 g/mol. The van der Waals surface area contributed by atoms with Gasteiger partial charge < -0.3 is 4.89 Å². The second-order valence-corrected chi connectivity index (χ2v) is 6.82. The van der Waals surface area contributed by atoms with Crippen LogP contribution in [0.4, 0.5) is 0 Å². The van der Waals surface area contributed by atoms with E-state index in [0.717, 1.165) is 25.7 Å². The topological polar surface area (TPSA) is 37.3 Å². The largest absolute Gasteiger partial charge is 0.344 e. The first-order valence-electron chi connectivity index (χ1n) is 5.99. The van der Waals surface area contributed by atoms with Crippen molar-refractivity contribution in [1.82, 2.24) is 0 Å². The maximum absolute atomic E-state index is 11.7. The third-order valence-corrected chi connectivity index (χ3v) is 4.71. The molecule has 0 bridgehead atoms. The fourth-order valence-corrected chi connectivity index (χ4v) is 3.38. The molecule has 1 aromatic carbocycles. The number of unbranched alkanes of at least 4 members (excludes halogenated alkanes) is 1. The molecule has 1 rings (SSSR count). The lowest BCUT2D eigenvalue weighted by molar-refractivity contribution is 0.473. The summed E-state index contributed by atoms with van der Waals surface area (Å²) in [6, 6.07) is 10.1. The zero-order chi connectivity index (χ0) is 11.9. The second kappa shape index (κ2) is 6.88. The quantitative estimate of drug-likeness (QED) is 0.738. The van der Waals surface area contributed by atoms with Crippen molar-refractivity contribution in [2.24, 2.45) is 0 Å². The van der Waals surface area contributed by atoms with Crippen molar-refractivity contribution < 1.29 is 9.46 Å². The predicted octanol–water partition coefficient (Wildman–Crippen LogP) is 3.69. The molecule has 3 heteroatoms. The lowest BCUT2D eigenvalue weighted by Crippen LogP contribution is -1.96. The minimum atomic E-state index is -2.85. The van der Waals surface area contributed by atoms with Gasteiger partial charge >= 0.3 is 0 Å². The van der Waals surface area contributed by atoms with Gasteiger partial charge in [-0.2, -0.15) is 0 Å². The van der Waals surface area contributed by atoms with E-state index in [-0.39, 0.29) is 0 Å². The van der Waals surface area contributed by atoms with E-state index in [1.165, 1.54) is 5.56 Å². The number of benzene rings is 1. The first-order chi connectivity index (χ1) is 7.64. The second-order valence-electron chi connectivity index (χ2n) is 4.24. The van der Waals surface area contributed by atoms with Gasteiger partial charge in [0, 0.05) is 12.3 Å². The Morgan fingerprint density at radius 1 is 1.12 bits per heavy atom. The molecule has 0 aliphatic heterocycles. The van der Waals surface area contributed by atoms with Gasteiger partial charge in [-0.1, -0.05) is 43.7 Å². The van der Waals surface area contributed by atoms with Gasteiger partial charge in [0.2, 0.25) is 7.37 Å². The predicted molar refractivity (Wildman–Crippen MR) is 69.2 cm³/mol. The first-order valence-corrected chi connectivity index (χ1v) is 8.02. The third kappa shape index (κ3) is 5.48. The molecule has 0 saturated carbocycles. The van der Waals surface area contributed by atoms with Crippen LogP contribution in [-0.4, -0.2) is 17.2 Å². The van der Waals surface area contributed by atoms with Gasteiger partial charge in [-0.3, -0.25) is 4.57 Å². The van der Waals surface area contributed by atoms with Crippen LogP contribution in [0.25, 0.3) is 0 Å².